The van der Waals surface area contributed by atoms with Gasteiger partial charge in [-0.3, -0.25) is 4.79 Å². The second-order valence-electron chi connectivity index (χ2n) is 5.56. The third-order valence-corrected chi connectivity index (χ3v) is 3.94. The summed E-state index contributed by atoms with van der Waals surface area (Å²) in [5, 5.41) is 7.60. The van der Waals surface area contributed by atoms with Crippen LogP contribution < -0.4 is 10.1 Å². The van der Waals surface area contributed by atoms with Crippen molar-refractivity contribution in [1.29, 1.82) is 0 Å². The van der Waals surface area contributed by atoms with Gasteiger partial charge >= 0.3 is 6.03 Å². The molecule has 6 heteroatoms. The van der Waals surface area contributed by atoms with E-state index in [4.69, 9.17) is 4.74 Å². The summed E-state index contributed by atoms with van der Waals surface area (Å²) in [5.41, 5.74) is 0.315. The van der Waals surface area contributed by atoms with Crippen LogP contribution in [-0.4, -0.2) is 30.3 Å². The van der Waals surface area contributed by atoms with E-state index in [2.05, 4.69) is 10.4 Å². The SMILES string of the molecule is COc1cccc(/C=N\N2C(=O)N[C@@](C)(c3ccccc3)C2=O)c1. The monoisotopic (exact) mass is 323 g/mol. The molecule has 1 aliphatic rings. The summed E-state index contributed by atoms with van der Waals surface area (Å²) >= 11 is 0. The fourth-order valence-electron chi connectivity index (χ4n) is 2.54. The lowest BCUT2D eigenvalue weighted by atomic mass is 9.92. The Morgan fingerprint density at radius 3 is 2.58 bits per heavy atom. The average Bonchev–Trinajstić information content (AvgIpc) is 2.84. The molecule has 0 radical (unpaired) electrons. The summed E-state index contributed by atoms with van der Waals surface area (Å²) in [4.78, 5) is 24.9. The molecule has 3 rings (SSSR count). The van der Waals surface area contributed by atoms with Crippen LogP contribution in [-0.2, 0) is 10.3 Å². The lowest BCUT2D eigenvalue weighted by Crippen LogP contribution is -2.40. The first kappa shape index (κ1) is 15.7. The molecule has 1 saturated heterocycles. The molecule has 1 N–H and O–H groups in total. The van der Waals surface area contributed by atoms with Gasteiger partial charge in [0.2, 0.25) is 0 Å². The topological polar surface area (TPSA) is 71.0 Å². The summed E-state index contributed by atoms with van der Waals surface area (Å²) in [6.45, 7) is 1.67. The van der Waals surface area contributed by atoms with Gasteiger partial charge in [0.05, 0.1) is 13.3 Å². The third kappa shape index (κ3) is 2.74. The lowest BCUT2D eigenvalue weighted by molar-refractivity contribution is -0.131. The molecule has 3 amide bonds. The molecule has 0 aromatic heterocycles. The number of carbonyl (C=O) groups excluding carboxylic acids is 2. The van der Waals surface area contributed by atoms with Crippen molar-refractivity contribution in [3.63, 3.8) is 0 Å². The smallest absolute Gasteiger partial charge is 0.346 e. The predicted octanol–water partition coefficient (Wildman–Crippen LogP) is 2.50. The van der Waals surface area contributed by atoms with Crippen molar-refractivity contribution in [2.75, 3.05) is 7.11 Å². The average molecular weight is 323 g/mol. The highest BCUT2D eigenvalue weighted by atomic mass is 16.5. The second-order valence-corrected chi connectivity index (χ2v) is 5.56. The first-order chi connectivity index (χ1) is 11.5. The van der Waals surface area contributed by atoms with Gasteiger partial charge in [-0.2, -0.15) is 5.10 Å². The molecule has 2 aromatic rings. The summed E-state index contributed by atoms with van der Waals surface area (Å²) in [6.07, 6.45) is 1.46. The molecular weight excluding hydrogens is 306 g/mol. The zero-order valence-electron chi connectivity index (χ0n) is 13.4. The van der Waals surface area contributed by atoms with Crippen molar-refractivity contribution in [1.82, 2.24) is 10.3 Å². The van der Waals surface area contributed by atoms with Crippen LogP contribution in [0.1, 0.15) is 18.1 Å². The minimum Gasteiger partial charge on any atom is -0.497 e. The molecule has 6 nitrogen and oxygen atoms in total. The number of methoxy groups -OCH3 is 1. The molecule has 0 spiro atoms. The van der Waals surface area contributed by atoms with Gasteiger partial charge < -0.3 is 10.1 Å². The third-order valence-electron chi connectivity index (χ3n) is 3.94. The minimum absolute atomic E-state index is 0.419. The van der Waals surface area contributed by atoms with Crippen molar-refractivity contribution >= 4 is 18.2 Å². The van der Waals surface area contributed by atoms with Crippen molar-refractivity contribution in [2.45, 2.75) is 12.5 Å². The van der Waals surface area contributed by atoms with E-state index in [0.717, 1.165) is 10.6 Å². The van der Waals surface area contributed by atoms with E-state index in [1.54, 1.807) is 50.4 Å². The maximum atomic E-state index is 12.7. The molecule has 122 valence electrons. The van der Waals surface area contributed by atoms with Crippen molar-refractivity contribution < 1.29 is 14.3 Å². The molecular formula is C18H17N3O3. The summed E-state index contributed by atoms with van der Waals surface area (Å²) in [5.74, 6) is 0.253. The van der Waals surface area contributed by atoms with Gasteiger partial charge in [-0.05, 0) is 30.2 Å². The number of benzene rings is 2. The van der Waals surface area contributed by atoms with Gasteiger partial charge in [-0.25, -0.2) is 4.79 Å². The Labute approximate surface area is 139 Å². The van der Waals surface area contributed by atoms with Crippen LogP contribution in [0.3, 0.4) is 0 Å². The maximum absolute atomic E-state index is 12.7. The van der Waals surface area contributed by atoms with Gasteiger partial charge in [0, 0.05) is 0 Å². The Kier molecular flexibility index (Phi) is 4.04. The maximum Gasteiger partial charge on any atom is 0.346 e. The zero-order chi connectivity index (χ0) is 17.2. The molecule has 1 heterocycles. The number of nitrogens with zero attached hydrogens (tertiary/aromatic N) is 2. The normalized spacial score (nSPS) is 20.5. The van der Waals surface area contributed by atoms with Gasteiger partial charge in [-0.15, -0.1) is 5.01 Å². The van der Waals surface area contributed by atoms with E-state index in [0.29, 0.717) is 11.3 Å². The lowest BCUT2D eigenvalue weighted by Gasteiger charge is -2.20. The molecule has 0 bridgehead atoms. The van der Waals surface area contributed by atoms with E-state index >= 15 is 0 Å². The number of nitrogens with one attached hydrogen (secondary N) is 1. The highest BCUT2D eigenvalue weighted by Gasteiger charge is 2.49. The Hall–Kier alpha value is -3.15. The fourth-order valence-corrected chi connectivity index (χ4v) is 2.54. The molecule has 0 saturated carbocycles. The number of rotatable bonds is 4. The Bertz CT molecular complexity index is 804. The molecule has 1 aliphatic heterocycles. The molecule has 0 unspecified atom stereocenters. The van der Waals surface area contributed by atoms with E-state index in [1.165, 1.54) is 6.21 Å². The first-order valence-electron chi connectivity index (χ1n) is 7.45. The van der Waals surface area contributed by atoms with Gasteiger partial charge in [0.15, 0.2) is 0 Å². The number of hydrazone groups is 1. The van der Waals surface area contributed by atoms with Crippen molar-refractivity contribution in [3.05, 3.63) is 65.7 Å². The van der Waals surface area contributed by atoms with Crippen LogP contribution >= 0.6 is 0 Å². The van der Waals surface area contributed by atoms with Crippen LogP contribution in [0.15, 0.2) is 59.7 Å². The number of carbonyl (C=O) groups is 2. The van der Waals surface area contributed by atoms with Crippen LogP contribution in [0.2, 0.25) is 0 Å². The predicted molar refractivity (Wildman–Crippen MR) is 89.8 cm³/mol. The summed E-state index contributed by atoms with van der Waals surface area (Å²) in [6, 6.07) is 15.7. The Morgan fingerprint density at radius 2 is 1.88 bits per heavy atom. The van der Waals surface area contributed by atoms with E-state index in [1.807, 2.05) is 18.2 Å². The number of hydrogen-bond donors (Lipinski definition) is 1. The van der Waals surface area contributed by atoms with Crippen molar-refractivity contribution in [3.8, 4) is 5.75 Å². The highest BCUT2D eigenvalue weighted by Crippen LogP contribution is 2.28. The summed E-state index contributed by atoms with van der Waals surface area (Å²) < 4.78 is 5.14. The number of ether oxygens (including phenoxy) is 1. The van der Waals surface area contributed by atoms with Crippen LogP contribution in [0.25, 0.3) is 0 Å². The Morgan fingerprint density at radius 1 is 1.12 bits per heavy atom. The van der Waals surface area contributed by atoms with E-state index in [-0.39, 0.29) is 0 Å². The number of imide groups is 1. The molecule has 2 aromatic carbocycles. The molecule has 24 heavy (non-hydrogen) atoms. The van der Waals surface area contributed by atoms with Crippen LogP contribution in [0.4, 0.5) is 4.79 Å². The van der Waals surface area contributed by atoms with Gasteiger partial charge in [0.25, 0.3) is 5.91 Å². The largest absolute Gasteiger partial charge is 0.497 e. The molecule has 1 atom stereocenters. The minimum atomic E-state index is -1.12. The number of hydrogen-bond acceptors (Lipinski definition) is 4. The second kappa shape index (κ2) is 6.16. The quantitative estimate of drug-likeness (QED) is 0.694. The zero-order valence-corrected chi connectivity index (χ0v) is 13.4. The van der Waals surface area contributed by atoms with Gasteiger partial charge in [0.1, 0.15) is 11.3 Å². The first-order valence-corrected chi connectivity index (χ1v) is 7.45. The standard InChI is InChI=1S/C18H17N3O3/c1-18(14-8-4-3-5-9-14)16(22)21(17(23)20-18)19-12-13-7-6-10-15(11-13)24-2/h3-12H,1-2H3,(H,20,23)/b19-12-/t18-/m0/s1. The van der Waals surface area contributed by atoms with E-state index in [9.17, 15) is 9.59 Å². The fraction of sp³-hybridized carbons (Fsp3) is 0.167. The number of urea groups is 1. The Balaban J connectivity index is 1.86. The molecule has 0 aliphatic carbocycles. The van der Waals surface area contributed by atoms with E-state index < -0.39 is 17.5 Å². The number of amides is 3. The highest BCUT2D eigenvalue weighted by molar-refractivity contribution is 6.07. The van der Waals surface area contributed by atoms with Crippen molar-refractivity contribution in [2.24, 2.45) is 5.10 Å². The van der Waals surface area contributed by atoms with Gasteiger partial charge in [-0.1, -0.05) is 42.5 Å². The summed E-state index contributed by atoms with van der Waals surface area (Å²) in [7, 11) is 1.57. The van der Waals surface area contributed by atoms with Crippen LogP contribution in [0, 0.1) is 0 Å². The van der Waals surface area contributed by atoms with Crippen LogP contribution in [0.5, 0.6) is 5.75 Å². The molecule has 1 fully saturated rings.